The van der Waals surface area contributed by atoms with Crippen LogP contribution in [-0.2, 0) is 24.5 Å². The van der Waals surface area contributed by atoms with Crippen LogP contribution in [0.3, 0.4) is 0 Å². The summed E-state index contributed by atoms with van der Waals surface area (Å²) in [5, 5.41) is 0. The first-order chi connectivity index (χ1) is 12.1. The molecule has 0 aliphatic heterocycles. The van der Waals surface area contributed by atoms with Crippen LogP contribution in [0.25, 0.3) is 0 Å². The molecule has 0 atom stereocenters. The van der Waals surface area contributed by atoms with E-state index < -0.39 is 17.4 Å². The number of esters is 2. The van der Waals surface area contributed by atoms with E-state index in [1.807, 2.05) is 60.7 Å². The van der Waals surface area contributed by atoms with Crippen LogP contribution in [0.2, 0.25) is 0 Å². The van der Waals surface area contributed by atoms with Gasteiger partial charge in [-0.15, -0.1) is 0 Å². The second-order valence-corrected chi connectivity index (χ2v) is 6.08. The zero-order valence-electron chi connectivity index (χ0n) is 13.6. The van der Waals surface area contributed by atoms with Gasteiger partial charge in [0.1, 0.15) is 13.2 Å². The Morgan fingerprint density at radius 2 is 1.08 bits per heavy atom. The smallest absolute Gasteiger partial charge is 0.315 e. The minimum absolute atomic E-state index is 0.0178. The molecule has 0 spiro atoms. The maximum absolute atomic E-state index is 11.7. The summed E-state index contributed by atoms with van der Waals surface area (Å²) >= 11 is 7.90. The van der Waals surface area contributed by atoms with Gasteiger partial charge >= 0.3 is 11.9 Å². The summed E-state index contributed by atoms with van der Waals surface area (Å²) in [6.07, 6.45) is 0. The van der Waals surface area contributed by atoms with E-state index in [1.54, 1.807) is 0 Å². The average molecular weight is 376 g/mol. The van der Waals surface area contributed by atoms with E-state index in [9.17, 15) is 9.59 Å². The average Bonchev–Trinajstić information content (AvgIpc) is 2.69. The van der Waals surface area contributed by atoms with Crippen molar-refractivity contribution in [2.75, 3.05) is 24.7 Å². The van der Waals surface area contributed by atoms with Gasteiger partial charge in [0, 0.05) is 0 Å². The van der Waals surface area contributed by atoms with Gasteiger partial charge in [0.05, 0.1) is 16.9 Å². The summed E-state index contributed by atoms with van der Waals surface area (Å²) < 4.78 is 10.8. The summed E-state index contributed by atoms with van der Waals surface area (Å²) in [7, 11) is 0. The van der Waals surface area contributed by atoms with Crippen molar-refractivity contribution in [3.05, 3.63) is 71.8 Å². The minimum atomic E-state index is -0.806. The quantitative estimate of drug-likeness (QED) is 0.549. The van der Waals surface area contributed by atoms with Crippen molar-refractivity contribution < 1.29 is 19.1 Å². The lowest BCUT2D eigenvalue weighted by Crippen LogP contribution is -2.40. The number of hydrogen-bond donors (Lipinski definition) is 2. The molecule has 0 bridgehead atoms. The maximum Gasteiger partial charge on any atom is 0.315 e. The fourth-order valence-corrected chi connectivity index (χ4v) is 2.74. The predicted octanol–water partition coefficient (Wildman–Crippen LogP) is 2.92. The van der Waals surface area contributed by atoms with E-state index in [0.29, 0.717) is 0 Å². The SMILES string of the molecule is O=C(CS)OCC(COC(=O)CS)(c1ccccc1)c1ccccc1. The van der Waals surface area contributed by atoms with E-state index in [0.717, 1.165) is 11.1 Å². The molecule has 0 fully saturated rings. The van der Waals surface area contributed by atoms with Gasteiger partial charge in [0.2, 0.25) is 0 Å². The lowest BCUT2D eigenvalue weighted by molar-refractivity contribution is -0.145. The second kappa shape index (κ2) is 9.53. The summed E-state index contributed by atoms with van der Waals surface area (Å²) in [6, 6.07) is 19.1. The highest BCUT2D eigenvalue weighted by Crippen LogP contribution is 2.33. The van der Waals surface area contributed by atoms with Gasteiger partial charge in [-0.1, -0.05) is 60.7 Å². The maximum atomic E-state index is 11.7. The predicted molar refractivity (Wildman–Crippen MR) is 103 cm³/mol. The molecule has 2 aromatic rings. The molecular weight excluding hydrogens is 356 g/mol. The highest BCUT2D eigenvalue weighted by molar-refractivity contribution is 7.81. The topological polar surface area (TPSA) is 52.6 Å². The lowest BCUT2D eigenvalue weighted by atomic mass is 9.75. The number of carbonyl (C=O) groups excluding carboxylic acids is 2. The zero-order valence-corrected chi connectivity index (χ0v) is 15.4. The second-order valence-electron chi connectivity index (χ2n) is 5.45. The zero-order chi connectivity index (χ0) is 18.1. The molecule has 0 saturated heterocycles. The van der Waals surface area contributed by atoms with Crippen molar-refractivity contribution in [2.45, 2.75) is 5.41 Å². The van der Waals surface area contributed by atoms with E-state index >= 15 is 0 Å². The summed E-state index contributed by atoms with van der Waals surface area (Å²) in [4.78, 5) is 23.4. The standard InChI is InChI=1S/C19H20O4S2/c20-17(11-24)22-13-19(14-23-18(21)12-25,15-7-3-1-4-8-15)16-9-5-2-6-10-16/h1-10,24-25H,11-14H2. The third-order valence-electron chi connectivity index (χ3n) is 3.87. The van der Waals surface area contributed by atoms with E-state index in [-0.39, 0.29) is 24.7 Å². The van der Waals surface area contributed by atoms with Gasteiger partial charge in [0.15, 0.2) is 0 Å². The first-order valence-corrected chi connectivity index (χ1v) is 9.03. The molecule has 132 valence electrons. The third kappa shape index (κ3) is 5.03. The highest BCUT2D eigenvalue weighted by atomic mass is 32.1. The Morgan fingerprint density at radius 1 is 0.720 bits per heavy atom. The molecule has 0 unspecified atom stereocenters. The van der Waals surface area contributed by atoms with E-state index in [1.165, 1.54) is 0 Å². The summed E-state index contributed by atoms with van der Waals surface area (Å²) in [5.74, 6) is -0.896. The Labute approximate surface area is 158 Å². The fourth-order valence-electron chi connectivity index (χ4n) is 2.55. The van der Waals surface area contributed by atoms with Crippen LogP contribution < -0.4 is 0 Å². The number of hydrogen-bond acceptors (Lipinski definition) is 6. The van der Waals surface area contributed by atoms with Crippen molar-refractivity contribution in [1.82, 2.24) is 0 Å². The molecule has 0 saturated carbocycles. The van der Waals surface area contributed by atoms with Crippen molar-refractivity contribution >= 4 is 37.2 Å². The first-order valence-electron chi connectivity index (χ1n) is 7.76. The van der Waals surface area contributed by atoms with Crippen LogP contribution in [0.4, 0.5) is 0 Å². The molecule has 0 N–H and O–H groups in total. The Morgan fingerprint density at radius 3 is 1.40 bits per heavy atom. The number of ether oxygens (including phenoxy) is 2. The number of rotatable bonds is 8. The van der Waals surface area contributed by atoms with Crippen LogP contribution in [0.5, 0.6) is 0 Å². The molecular formula is C19H20O4S2. The number of benzene rings is 2. The number of thiol groups is 2. The largest absolute Gasteiger partial charge is 0.464 e. The monoisotopic (exact) mass is 376 g/mol. The van der Waals surface area contributed by atoms with Crippen LogP contribution in [0, 0.1) is 0 Å². The molecule has 2 aromatic carbocycles. The normalized spacial score (nSPS) is 11.0. The minimum Gasteiger partial charge on any atom is -0.464 e. The van der Waals surface area contributed by atoms with Crippen LogP contribution >= 0.6 is 25.3 Å². The van der Waals surface area contributed by atoms with Crippen molar-refractivity contribution in [2.24, 2.45) is 0 Å². The van der Waals surface area contributed by atoms with Crippen molar-refractivity contribution in [1.29, 1.82) is 0 Å². The van der Waals surface area contributed by atoms with Gasteiger partial charge in [-0.25, -0.2) is 0 Å². The summed E-state index contributed by atoms with van der Waals surface area (Å²) in [5.41, 5.74) is 0.972. The molecule has 0 heterocycles. The molecule has 2 rings (SSSR count). The molecule has 6 heteroatoms. The number of carbonyl (C=O) groups is 2. The Hall–Kier alpha value is -1.92. The van der Waals surface area contributed by atoms with E-state index in [4.69, 9.17) is 9.47 Å². The molecule has 0 aliphatic carbocycles. The third-order valence-corrected chi connectivity index (χ3v) is 4.39. The lowest BCUT2D eigenvalue weighted by Gasteiger charge is -2.34. The summed E-state index contributed by atoms with van der Waals surface area (Å²) in [6.45, 7) is 0.0839. The van der Waals surface area contributed by atoms with Gasteiger partial charge < -0.3 is 9.47 Å². The Balaban J connectivity index is 2.47. The molecule has 0 radical (unpaired) electrons. The van der Waals surface area contributed by atoms with Crippen LogP contribution in [0.15, 0.2) is 60.7 Å². The van der Waals surface area contributed by atoms with E-state index in [2.05, 4.69) is 25.3 Å². The van der Waals surface area contributed by atoms with Gasteiger partial charge in [-0.05, 0) is 11.1 Å². The Bertz CT molecular complexity index is 628. The Kier molecular flexibility index (Phi) is 7.40. The van der Waals surface area contributed by atoms with Crippen molar-refractivity contribution in [3.8, 4) is 0 Å². The van der Waals surface area contributed by atoms with Gasteiger partial charge in [0.25, 0.3) is 0 Å². The molecule has 0 amide bonds. The highest BCUT2D eigenvalue weighted by Gasteiger charge is 2.37. The van der Waals surface area contributed by atoms with Crippen molar-refractivity contribution in [3.63, 3.8) is 0 Å². The fraction of sp³-hybridized carbons (Fsp3) is 0.263. The van der Waals surface area contributed by atoms with Crippen LogP contribution in [0.1, 0.15) is 11.1 Å². The molecule has 4 nitrogen and oxygen atoms in total. The van der Waals surface area contributed by atoms with Crippen LogP contribution in [-0.4, -0.2) is 36.7 Å². The molecule has 0 aliphatic rings. The molecule has 0 aromatic heterocycles. The van der Waals surface area contributed by atoms with Gasteiger partial charge in [-0.3, -0.25) is 9.59 Å². The first kappa shape index (κ1) is 19.4. The van der Waals surface area contributed by atoms with Gasteiger partial charge in [-0.2, -0.15) is 25.3 Å². The molecule has 25 heavy (non-hydrogen) atoms.